The Bertz CT molecular complexity index is 1390. The van der Waals surface area contributed by atoms with Crippen molar-refractivity contribution in [1.82, 2.24) is 9.78 Å². The highest BCUT2D eigenvalue weighted by Crippen LogP contribution is 2.28. The van der Waals surface area contributed by atoms with Crippen molar-refractivity contribution in [3.63, 3.8) is 0 Å². The van der Waals surface area contributed by atoms with Crippen molar-refractivity contribution in [2.75, 3.05) is 5.32 Å². The molecular formula is C24H18ClF4N3O3. The molecule has 4 aromatic rings. The third-order valence-electron chi connectivity index (χ3n) is 5.21. The first-order valence-corrected chi connectivity index (χ1v) is 10.7. The summed E-state index contributed by atoms with van der Waals surface area (Å²) in [5.41, 5.74) is 2.59. The summed E-state index contributed by atoms with van der Waals surface area (Å²) in [5, 5.41) is 7.77. The number of aromatic nitrogens is 2. The summed E-state index contributed by atoms with van der Waals surface area (Å²) in [6, 6.07) is 10.1. The van der Waals surface area contributed by atoms with Gasteiger partial charge in [0.15, 0.2) is 23.1 Å². The maximum absolute atomic E-state index is 13.7. The van der Waals surface area contributed by atoms with Crippen molar-refractivity contribution in [2.45, 2.75) is 27.0 Å². The van der Waals surface area contributed by atoms with Crippen LogP contribution in [0.25, 0.3) is 0 Å². The lowest BCUT2D eigenvalue weighted by Crippen LogP contribution is -2.12. The molecule has 0 radical (unpaired) electrons. The second-order valence-corrected chi connectivity index (χ2v) is 8.01. The fourth-order valence-corrected chi connectivity index (χ4v) is 3.59. The van der Waals surface area contributed by atoms with Crippen LogP contribution in [-0.2, 0) is 13.2 Å². The van der Waals surface area contributed by atoms with Gasteiger partial charge >= 0.3 is 0 Å². The third-order valence-corrected chi connectivity index (χ3v) is 5.58. The van der Waals surface area contributed by atoms with E-state index in [9.17, 15) is 22.4 Å². The summed E-state index contributed by atoms with van der Waals surface area (Å²) >= 11 is 6.23. The normalized spacial score (nSPS) is 11.1. The number of hydrogen-bond acceptors (Lipinski definition) is 4. The molecule has 0 fully saturated rings. The SMILES string of the molecule is Cc1nn(Cc2ccccc2Cl)c(C)c1NC(=O)c1ccc(COc2c(F)c(F)cc(F)c2F)o1. The monoisotopic (exact) mass is 507 g/mol. The Morgan fingerprint density at radius 3 is 2.46 bits per heavy atom. The summed E-state index contributed by atoms with van der Waals surface area (Å²) in [6.45, 7) is 3.35. The lowest BCUT2D eigenvalue weighted by Gasteiger charge is -2.08. The van der Waals surface area contributed by atoms with Gasteiger partial charge < -0.3 is 14.5 Å². The van der Waals surface area contributed by atoms with Crippen molar-refractivity contribution in [3.05, 3.63) is 99.2 Å². The van der Waals surface area contributed by atoms with Crippen molar-refractivity contribution in [1.29, 1.82) is 0 Å². The minimum atomic E-state index is -1.67. The molecule has 182 valence electrons. The van der Waals surface area contributed by atoms with Gasteiger partial charge in [-0.25, -0.2) is 8.78 Å². The molecule has 0 unspecified atom stereocenters. The minimum absolute atomic E-state index is 0.00137. The summed E-state index contributed by atoms with van der Waals surface area (Å²) in [4.78, 5) is 12.7. The molecule has 11 heteroatoms. The second-order valence-electron chi connectivity index (χ2n) is 7.60. The van der Waals surface area contributed by atoms with Crippen LogP contribution in [0, 0.1) is 37.1 Å². The first-order chi connectivity index (χ1) is 16.7. The largest absolute Gasteiger partial charge is 0.479 e. The number of halogens is 5. The topological polar surface area (TPSA) is 69.3 Å². The van der Waals surface area contributed by atoms with Crippen molar-refractivity contribution >= 4 is 23.2 Å². The van der Waals surface area contributed by atoms with E-state index in [0.717, 1.165) is 5.56 Å². The molecule has 2 aromatic carbocycles. The van der Waals surface area contributed by atoms with E-state index in [0.29, 0.717) is 28.6 Å². The van der Waals surface area contributed by atoms with Gasteiger partial charge in [-0.1, -0.05) is 29.8 Å². The molecule has 35 heavy (non-hydrogen) atoms. The summed E-state index contributed by atoms with van der Waals surface area (Å²) < 4.78 is 66.0. The van der Waals surface area contributed by atoms with Gasteiger partial charge in [0, 0.05) is 11.1 Å². The first-order valence-electron chi connectivity index (χ1n) is 10.3. The number of nitrogens with one attached hydrogen (secondary N) is 1. The van der Waals surface area contributed by atoms with Gasteiger partial charge in [0.2, 0.25) is 11.6 Å². The lowest BCUT2D eigenvalue weighted by atomic mass is 10.2. The molecule has 1 N–H and O–H groups in total. The quantitative estimate of drug-likeness (QED) is 0.239. The summed E-state index contributed by atoms with van der Waals surface area (Å²) in [7, 11) is 0. The van der Waals surface area contributed by atoms with Crippen LogP contribution in [0.3, 0.4) is 0 Å². The Morgan fingerprint density at radius 2 is 1.77 bits per heavy atom. The summed E-state index contributed by atoms with van der Waals surface area (Å²) in [6.07, 6.45) is 0. The van der Waals surface area contributed by atoms with E-state index >= 15 is 0 Å². The van der Waals surface area contributed by atoms with E-state index in [2.05, 4.69) is 10.4 Å². The van der Waals surface area contributed by atoms with Gasteiger partial charge in [-0.15, -0.1) is 0 Å². The molecule has 0 spiro atoms. The van der Waals surface area contributed by atoms with Crippen molar-refractivity contribution < 1.29 is 31.5 Å². The molecule has 6 nitrogen and oxygen atoms in total. The van der Waals surface area contributed by atoms with E-state index in [4.69, 9.17) is 20.8 Å². The molecule has 2 aromatic heterocycles. The van der Waals surface area contributed by atoms with E-state index in [1.54, 1.807) is 24.6 Å². The highest BCUT2D eigenvalue weighted by molar-refractivity contribution is 6.31. The number of amides is 1. The van der Waals surface area contributed by atoms with Crippen molar-refractivity contribution in [3.8, 4) is 5.75 Å². The summed E-state index contributed by atoms with van der Waals surface area (Å²) in [5.74, 6) is -8.48. The van der Waals surface area contributed by atoms with Gasteiger partial charge in [0.1, 0.15) is 12.4 Å². The van der Waals surface area contributed by atoms with Crippen molar-refractivity contribution in [2.24, 2.45) is 0 Å². The minimum Gasteiger partial charge on any atom is -0.479 e. The molecule has 2 heterocycles. The number of carbonyl (C=O) groups is 1. The zero-order valence-corrected chi connectivity index (χ0v) is 19.2. The zero-order valence-electron chi connectivity index (χ0n) is 18.5. The fraction of sp³-hybridized carbons (Fsp3) is 0.167. The van der Waals surface area contributed by atoms with E-state index in [-0.39, 0.29) is 17.6 Å². The predicted molar refractivity (Wildman–Crippen MR) is 120 cm³/mol. The van der Waals surface area contributed by atoms with Crippen LogP contribution in [-0.4, -0.2) is 15.7 Å². The van der Waals surface area contributed by atoms with Gasteiger partial charge in [0.25, 0.3) is 5.91 Å². The molecule has 0 saturated carbocycles. The maximum atomic E-state index is 13.7. The number of ether oxygens (including phenoxy) is 1. The average molecular weight is 508 g/mol. The average Bonchev–Trinajstić information content (AvgIpc) is 3.40. The Kier molecular flexibility index (Phi) is 6.83. The van der Waals surface area contributed by atoms with Crippen LogP contribution in [0.2, 0.25) is 5.02 Å². The van der Waals surface area contributed by atoms with Crippen LogP contribution in [0.15, 0.2) is 46.9 Å². The highest BCUT2D eigenvalue weighted by atomic mass is 35.5. The van der Waals surface area contributed by atoms with Gasteiger partial charge in [-0.2, -0.15) is 13.9 Å². The Balaban J connectivity index is 1.45. The zero-order chi connectivity index (χ0) is 25.3. The number of nitrogens with zero attached hydrogens (tertiary/aromatic N) is 2. The molecule has 0 aliphatic rings. The van der Waals surface area contributed by atoms with E-state index in [1.165, 1.54) is 12.1 Å². The lowest BCUT2D eigenvalue weighted by molar-refractivity contribution is 0.0992. The number of furan rings is 1. The van der Waals surface area contributed by atoms with E-state index < -0.39 is 41.5 Å². The van der Waals surface area contributed by atoms with Crippen LogP contribution >= 0.6 is 11.6 Å². The first kappa shape index (κ1) is 24.3. The Hall–Kier alpha value is -3.79. The number of anilines is 1. The maximum Gasteiger partial charge on any atom is 0.291 e. The molecule has 0 aliphatic heterocycles. The highest BCUT2D eigenvalue weighted by Gasteiger charge is 2.22. The van der Waals surface area contributed by atoms with Gasteiger partial charge in [-0.05, 0) is 37.6 Å². The Labute approximate surface area is 202 Å². The molecule has 0 bridgehead atoms. The van der Waals surface area contributed by atoms with Gasteiger partial charge in [-0.3, -0.25) is 9.48 Å². The Morgan fingerprint density at radius 1 is 1.09 bits per heavy atom. The number of aryl methyl sites for hydroxylation is 1. The van der Waals surface area contributed by atoms with Crippen LogP contribution in [0.4, 0.5) is 23.2 Å². The second kappa shape index (κ2) is 9.83. The fourth-order valence-electron chi connectivity index (χ4n) is 3.39. The van der Waals surface area contributed by atoms with Gasteiger partial charge in [0.05, 0.1) is 23.6 Å². The number of carbonyl (C=O) groups excluding carboxylic acids is 1. The van der Waals surface area contributed by atoms with Crippen LogP contribution in [0.1, 0.15) is 33.3 Å². The number of hydrogen-bond donors (Lipinski definition) is 1. The molecule has 0 atom stereocenters. The smallest absolute Gasteiger partial charge is 0.291 e. The molecular weight excluding hydrogens is 490 g/mol. The van der Waals surface area contributed by atoms with Crippen LogP contribution < -0.4 is 10.1 Å². The number of rotatable bonds is 7. The standard InChI is InChI=1S/C24H18ClF4N3O3/c1-12-22(13(2)32(31-12)10-14-5-3-4-6-16(14)25)30-24(33)19-8-7-15(35-19)11-34-23-20(28)17(26)9-18(27)21(23)29/h3-9H,10-11H2,1-2H3,(H,30,33). The third kappa shape index (κ3) is 5.02. The number of benzene rings is 2. The predicted octanol–water partition coefficient (Wildman–Crippen LogP) is 6.18. The van der Waals surface area contributed by atoms with E-state index in [1.807, 2.05) is 18.2 Å². The molecule has 0 saturated heterocycles. The molecule has 1 amide bonds. The van der Waals surface area contributed by atoms with Crippen LogP contribution in [0.5, 0.6) is 5.75 Å². The molecule has 4 rings (SSSR count). The molecule has 0 aliphatic carbocycles.